The van der Waals surface area contributed by atoms with Crippen LogP contribution in [0.3, 0.4) is 0 Å². The molecule has 0 aromatic heterocycles. The van der Waals surface area contributed by atoms with E-state index in [0.717, 1.165) is 50.2 Å². The summed E-state index contributed by atoms with van der Waals surface area (Å²) in [6.07, 6.45) is -0.794. The van der Waals surface area contributed by atoms with E-state index in [1.54, 1.807) is 25.1 Å². The van der Waals surface area contributed by atoms with Gasteiger partial charge in [0.05, 0.1) is 0 Å². The molecule has 2 amide bonds. The summed E-state index contributed by atoms with van der Waals surface area (Å²) in [5, 5.41) is 10.6. The van der Waals surface area contributed by atoms with E-state index in [1.807, 2.05) is 24.3 Å². The van der Waals surface area contributed by atoms with E-state index < -0.39 is 23.2 Å². The Morgan fingerprint density at radius 3 is 1.89 bits per heavy atom. The van der Waals surface area contributed by atoms with Crippen LogP contribution in [-0.2, 0) is 10.4 Å². The summed E-state index contributed by atoms with van der Waals surface area (Å²) < 4.78 is 41.7. The fraction of sp³-hybridized carbons (Fsp3) is 0.517. The summed E-state index contributed by atoms with van der Waals surface area (Å²) in [5.74, 6) is -0.431. The summed E-state index contributed by atoms with van der Waals surface area (Å²) in [6.45, 7) is 2.26. The molecule has 0 spiro atoms. The zero-order valence-electron chi connectivity index (χ0n) is 22.0. The van der Waals surface area contributed by atoms with Crippen molar-refractivity contribution in [1.29, 1.82) is 0 Å². The summed E-state index contributed by atoms with van der Waals surface area (Å²) >= 11 is 0. The standard InChI is InChI=1S/C29H36F3N3O3/c1-33(2)26(36)23-8-10-25(11-9-23)34-16-12-21(13-17-34)20-22-14-18-35(19-15-22)27(37)28(38,29(30,31)32)24-6-4-3-5-7-24/h3-11,21-22,38H,12-20H2,1-2H3/t28-/m1/s1. The van der Waals surface area contributed by atoms with Crippen molar-refractivity contribution in [2.75, 3.05) is 45.2 Å². The van der Waals surface area contributed by atoms with E-state index in [1.165, 1.54) is 17.0 Å². The molecule has 0 radical (unpaired) electrons. The van der Waals surface area contributed by atoms with E-state index >= 15 is 0 Å². The van der Waals surface area contributed by atoms with Crippen LogP contribution in [-0.4, -0.2) is 73.2 Å². The van der Waals surface area contributed by atoms with Crippen LogP contribution in [0.15, 0.2) is 54.6 Å². The molecule has 38 heavy (non-hydrogen) atoms. The maximum Gasteiger partial charge on any atom is 0.430 e. The van der Waals surface area contributed by atoms with Gasteiger partial charge in [-0.05, 0) is 68.2 Å². The fourth-order valence-corrected chi connectivity index (χ4v) is 5.66. The largest absolute Gasteiger partial charge is 0.430 e. The van der Waals surface area contributed by atoms with Crippen LogP contribution in [0.2, 0.25) is 0 Å². The molecule has 9 heteroatoms. The van der Waals surface area contributed by atoms with Crippen molar-refractivity contribution in [3.05, 3.63) is 65.7 Å². The van der Waals surface area contributed by atoms with Crippen molar-refractivity contribution in [3.8, 4) is 0 Å². The minimum absolute atomic E-state index is 0.0221. The number of anilines is 1. The third-order valence-electron chi connectivity index (χ3n) is 7.98. The fourth-order valence-electron chi connectivity index (χ4n) is 5.66. The van der Waals surface area contributed by atoms with Crippen molar-refractivity contribution >= 4 is 17.5 Å². The van der Waals surface area contributed by atoms with Gasteiger partial charge in [0.1, 0.15) is 0 Å². The number of halogens is 3. The number of rotatable bonds is 6. The third kappa shape index (κ3) is 5.82. The number of likely N-dealkylation sites (tertiary alicyclic amines) is 1. The molecular formula is C29H36F3N3O3. The Hall–Kier alpha value is -3.07. The monoisotopic (exact) mass is 531 g/mol. The molecule has 2 aliphatic rings. The van der Waals surface area contributed by atoms with E-state index in [4.69, 9.17) is 0 Å². The minimum atomic E-state index is -5.11. The van der Waals surface area contributed by atoms with Gasteiger partial charge in [-0.15, -0.1) is 0 Å². The Balaban J connectivity index is 1.28. The highest BCUT2D eigenvalue weighted by Crippen LogP contribution is 2.41. The van der Waals surface area contributed by atoms with Crippen LogP contribution in [0.25, 0.3) is 0 Å². The van der Waals surface area contributed by atoms with Crippen molar-refractivity contribution in [1.82, 2.24) is 9.80 Å². The van der Waals surface area contributed by atoms with Crippen molar-refractivity contribution < 1.29 is 27.9 Å². The molecule has 0 saturated carbocycles. The SMILES string of the molecule is CN(C)C(=O)c1ccc(N2CCC(CC3CCN(C(=O)[C@](O)(c4ccccc4)C(F)(F)F)CC3)CC2)cc1. The maximum absolute atomic E-state index is 13.9. The quantitative estimate of drug-likeness (QED) is 0.588. The van der Waals surface area contributed by atoms with E-state index in [9.17, 15) is 27.9 Å². The molecular weight excluding hydrogens is 495 g/mol. The summed E-state index contributed by atoms with van der Waals surface area (Å²) in [4.78, 5) is 30.1. The van der Waals surface area contributed by atoms with Gasteiger partial charge in [0.2, 0.25) is 0 Å². The number of hydrogen-bond acceptors (Lipinski definition) is 4. The third-order valence-corrected chi connectivity index (χ3v) is 7.98. The number of benzene rings is 2. The van der Waals surface area contributed by atoms with Crippen LogP contribution >= 0.6 is 0 Å². The Morgan fingerprint density at radius 1 is 0.868 bits per heavy atom. The van der Waals surface area contributed by atoms with E-state index in [0.29, 0.717) is 30.2 Å². The Morgan fingerprint density at radius 2 is 1.39 bits per heavy atom. The lowest BCUT2D eigenvalue weighted by molar-refractivity contribution is -0.262. The molecule has 2 saturated heterocycles. The normalized spacial score (nSPS) is 19.2. The first-order valence-electron chi connectivity index (χ1n) is 13.2. The number of alkyl halides is 3. The lowest BCUT2D eigenvalue weighted by atomic mass is 9.82. The van der Waals surface area contributed by atoms with Crippen LogP contribution in [0.5, 0.6) is 0 Å². The smallest absolute Gasteiger partial charge is 0.372 e. The molecule has 0 unspecified atom stereocenters. The Bertz CT molecular complexity index is 1090. The van der Waals surface area contributed by atoms with Crippen LogP contribution < -0.4 is 4.90 Å². The van der Waals surface area contributed by atoms with Gasteiger partial charge in [0.25, 0.3) is 17.4 Å². The molecule has 2 aliphatic heterocycles. The first-order valence-corrected chi connectivity index (χ1v) is 13.2. The van der Waals surface area contributed by atoms with E-state index in [2.05, 4.69) is 4.90 Å². The average molecular weight is 532 g/mol. The second-order valence-corrected chi connectivity index (χ2v) is 10.7. The highest BCUT2D eigenvalue weighted by Gasteiger charge is 2.62. The van der Waals surface area contributed by atoms with Crippen LogP contribution in [0, 0.1) is 11.8 Å². The predicted molar refractivity (Wildman–Crippen MR) is 140 cm³/mol. The lowest BCUT2D eigenvalue weighted by Gasteiger charge is -2.40. The lowest BCUT2D eigenvalue weighted by Crippen LogP contribution is -2.57. The first kappa shape index (κ1) is 28.0. The molecule has 1 N–H and O–H groups in total. The molecule has 4 rings (SSSR count). The minimum Gasteiger partial charge on any atom is -0.372 e. The van der Waals surface area contributed by atoms with Gasteiger partial charge in [-0.3, -0.25) is 9.59 Å². The molecule has 206 valence electrons. The van der Waals surface area contributed by atoms with Gasteiger partial charge in [0, 0.05) is 57.1 Å². The molecule has 2 heterocycles. The molecule has 6 nitrogen and oxygen atoms in total. The first-order chi connectivity index (χ1) is 18.0. The molecule has 2 aromatic rings. The number of piperidine rings is 2. The second kappa shape index (κ2) is 11.4. The number of carbonyl (C=O) groups is 2. The van der Waals surface area contributed by atoms with E-state index in [-0.39, 0.29) is 19.0 Å². The zero-order valence-corrected chi connectivity index (χ0v) is 22.0. The summed E-state index contributed by atoms with van der Waals surface area (Å²) in [5.41, 5.74) is -2.23. The summed E-state index contributed by atoms with van der Waals surface area (Å²) in [6, 6.07) is 14.3. The number of carbonyl (C=O) groups excluding carboxylic acids is 2. The number of hydrogen-bond donors (Lipinski definition) is 1. The Labute approximate surface area is 222 Å². The zero-order chi connectivity index (χ0) is 27.5. The number of aliphatic hydroxyl groups is 1. The van der Waals surface area contributed by atoms with Crippen LogP contribution in [0.4, 0.5) is 18.9 Å². The molecule has 2 aromatic carbocycles. The Kier molecular flexibility index (Phi) is 8.35. The second-order valence-electron chi connectivity index (χ2n) is 10.7. The van der Waals surface area contributed by atoms with Gasteiger partial charge in [-0.2, -0.15) is 13.2 Å². The highest BCUT2D eigenvalue weighted by atomic mass is 19.4. The highest BCUT2D eigenvalue weighted by molar-refractivity contribution is 5.94. The van der Waals surface area contributed by atoms with Gasteiger partial charge < -0.3 is 19.8 Å². The van der Waals surface area contributed by atoms with Gasteiger partial charge in [-0.25, -0.2) is 0 Å². The number of nitrogens with zero attached hydrogens (tertiary/aromatic N) is 3. The topological polar surface area (TPSA) is 64.1 Å². The van der Waals surface area contributed by atoms with Gasteiger partial charge in [-0.1, -0.05) is 30.3 Å². The predicted octanol–water partition coefficient (Wildman–Crippen LogP) is 4.68. The van der Waals surface area contributed by atoms with Gasteiger partial charge in [0.15, 0.2) is 0 Å². The van der Waals surface area contributed by atoms with Crippen molar-refractivity contribution in [2.24, 2.45) is 11.8 Å². The maximum atomic E-state index is 13.9. The molecule has 0 bridgehead atoms. The average Bonchev–Trinajstić information content (AvgIpc) is 2.92. The van der Waals surface area contributed by atoms with Gasteiger partial charge >= 0.3 is 6.18 Å². The number of amides is 2. The molecule has 0 aliphatic carbocycles. The van der Waals surface area contributed by atoms with Crippen molar-refractivity contribution in [3.63, 3.8) is 0 Å². The van der Waals surface area contributed by atoms with Crippen LogP contribution in [0.1, 0.15) is 48.0 Å². The summed E-state index contributed by atoms with van der Waals surface area (Å²) in [7, 11) is 3.46. The molecule has 2 fully saturated rings. The van der Waals surface area contributed by atoms with Crippen molar-refractivity contribution in [2.45, 2.75) is 43.9 Å². The molecule has 1 atom stereocenters.